The van der Waals surface area contributed by atoms with Crippen LogP contribution in [0.15, 0.2) is 121 Å². The summed E-state index contributed by atoms with van der Waals surface area (Å²) in [4.78, 5) is 0. The van der Waals surface area contributed by atoms with E-state index >= 15 is 0 Å². The molecule has 3 heteroatoms. The van der Waals surface area contributed by atoms with Gasteiger partial charge in [-0.15, -0.1) is 9.24 Å². The van der Waals surface area contributed by atoms with Crippen molar-refractivity contribution < 1.29 is 0 Å². The van der Waals surface area contributed by atoms with Crippen LogP contribution >= 0.6 is 25.1 Å². The lowest BCUT2D eigenvalue weighted by Crippen LogP contribution is -2.32. The lowest BCUT2D eigenvalue weighted by atomic mass is 10.2. The smallest absolute Gasteiger partial charge is 0.00882 e. The van der Waals surface area contributed by atoms with Gasteiger partial charge in [0, 0.05) is 0 Å². The summed E-state index contributed by atoms with van der Waals surface area (Å²) < 4.78 is 0. The summed E-state index contributed by atoms with van der Waals surface area (Å²) in [5, 5.41) is 5.97. The first kappa shape index (κ1) is 22.4. The van der Waals surface area contributed by atoms with Crippen LogP contribution in [0, 0.1) is 0 Å². The van der Waals surface area contributed by atoms with Crippen LogP contribution in [0.4, 0.5) is 0 Å². The summed E-state index contributed by atoms with van der Waals surface area (Å²) in [6, 6.07) is 44.3. The van der Waals surface area contributed by atoms with Crippen molar-refractivity contribution in [1.29, 1.82) is 0 Å². The zero-order chi connectivity index (χ0) is 21.5. The molecule has 0 heterocycles. The zero-order valence-electron chi connectivity index (χ0n) is 17.9. The van der Waals surface area contributed by atoms with Crippen LogP contribution in [0.3, 0.4) is 0 Å². The SMILES string of the molecule is CC(P)(CP(c1ccccc1)c1ccccc1)CP(c1ccccc1)c1ccccc1. The Bertz CT molecular complexity index is 882. The summed E-state index contributed by atoms with van der Waals surface area (Å²) >= 11 is 0. The maximum absolute atomic E-state index is 3.24. The van der Waals surface area contributed by atoms with Crippen LogP contribution in [-0.2, 0) is 0 Å². The summed E-state index contributed by atoms with van der Waals surface area (Å²) in [6.45, 7) is 2.43. The molecule has 0 nitrogen and oxygen atoms in total. The number of benzene rings is 4. The van der Waals surface area contributed by atoms with Crippen molar-refractivity contribution in [3.8, 4) is 0 Å². The fourth-order valence-corrected chi connectivity index (χ4v) is 10.3. The molecule has 0 aromatic heterocycles. The molecule has 0 saturated carbocycles. The largest absolute Gasteiger partial charge is 0.131 e. The fourth-order valence-electron chi connectivity index (χ4n) is 3.87. The van der Waals surface area contributed by atoms with E-state index < -0.39 is 15.8 Å². The van der Waals surface area contributed by atoms with Crippen molar-refractivity contribution in [2.75, 3.05) is 12.3 Å². The molecule has 0 amide bonds. The van der Waals surface area contributed by atoms with Crippen molar-refractivity contribution in [2.24, 2.45) is 0 Å². The fraction of sp³-hybridized carbons (Fsp3) is 0.143. The van der Waals surface area contributed by atoms with Crippen LogP contribution in [0.25, 0.3) is 0 Å². The van der Waals surface area contributed by atoms with Crippen molar-refractivity contribution >= 4 is 46.3 Å². The van der Waals surface area contributed by atoms with Gasteiger partial charge in [-0.25, -0.2) is 0 Å². The van der Waals surface area contributed by atoms with Crippen molar-refractivity contribution in [1.82, 2.24) is 0 Å². The monoisotopic (exact) mass is 458 g/mol. The topological polar surface area (TPSA) is 0 Å². The van der Waals surface area contributed by atoms with Gasteiger partial charge in [-0.2, -0.15) is 0 Å². The average molecular weight is 458 g/mol. The van der Waals surface area contributed by atoms with E-state index in [0.29, 0.717) is 0 Å². The lowest BCUT2D eigenvalue weighted by molar-refractivity contribution is 0.825. The molecule has 0 bridgehead atoms. The van der Waals surface area contributed by atoms with Crippen LogP contribution in [-0.4, -0.2) is 17.5 Å². The molecule has 0 aliphatic heterocycles. The second-order valence-corrected chi connectivity index (χ2v) is 14.0. The highest BCUT2D eigenvalue weighted by atomic mass is 31.1. The van der Waals surface area contributed by atoms with Crippen molar-refractivity contribution in [3.05, 3.63) is 121 Å². The number of hydrogen-bond donors (Lipinski definition) is 0. The zero-order valence-corrected chi connectivity index (χ0v) is 20.9. The maximum atomic E-state index is 3.24. The maximum Gasteiger partial charge on any atom is -0.00882 e. The van der Waals surface area contributed by atoms with E-state index in [1.165, 1.54) is 21.2 Å². The summed E-state index contributed by atoms with van der Waals surface area (Å²) in [6.07, 6.45) is 2.30. The van der Waals surface area contributed by atoms with E-state index in [4.69, 9.17) is 0 Å². The summed E-state index contributed by atoms with van der Waals surface area (Å²) in [5.41, 5.74) is 0. The van der Waals surface area contributed by atoms with Gasteiger partial charge in [0.25, 0.3) is 0 Å². The van der Waals surface area contributed by atoms with Crippen molar-refractivity contribution in [2.45, 2.75) is 12.1 Å². The Balaban J connectivity index is 1.65. The first-order chi connectivity index (χ1) is 15.1. The highest BCUT2D eigenvalue weighted by Gasteiger charge is 2.30. The van der Waals surface area contributed by atoms with Crippen LogP contribution in [0.2, 0.25) is 0 Å². The van der Waals surface area contributed by atoms with E-state index in [1.54, 1.807) is 0 Å². The Morgan fingerprint density at radius 3 is 0.935 bits per heavy atom. The molecule has 1 unspecified atom stereocenters. The molecule has 1 atom stereocenters. The molecule has 0 aliphatic rings. The summed E-state index contributed by atoms with van der Waals surface area (Å²) in [5.74, 6) is 0. The standard InChI is InChI=1S/C28H29P3/c1-28(29,22-30(24-14-6-2-7-15-24)25-16-8-3-9-17-25)23-31(26-18-10-4-11-19-26)27-20-12-5-13-21-27/h2-21H,22-23,29H2,1H3. The molecular formula is C28H29P3. The minimum Gasteiger partial charge on any atom is -0.131 e. The molecule has 156 valence electrons. The van der Waals surface area contributed by atoms with E-state index in [1.807, 2.05) is 0 Å². The molecule has 31 heavy (non-hydrogen) atoms. The van der Waals surface area contributed by atoms with Gasteiger partial charge < -0.3 is 0 Å². The summed E-state index contributed by atoms with van der Waals surface area (Å²) in [7, 11) is 2.40. The predicted octanol–water partition coefficient (Wildman–Crippen LogP) is 5.89. The van der Waals surface area contributed by atoms with E-state index in [-0.39, 0.29) is 5.16 Å². The normalized spacial score (nSPS) is 11.7. The van der Waals surface area contributed by atoms with Crippen LogP contribution in [0.1, 0.15) is 6.92 Å². The predicted molar refractivity (Wildman–Crippen MR) is 146 cm³/mol. The van der Waals surface area contributed by atoms with Gasteiger partial charge >= 0.3 is 0 Å². The molecule has 4 aromatic rings. The Morgan fingerprint density at radius 1 is 0.484 bits per heavy atom. The number of rotatable bonds is 8. The second kappa shape index (κ2) is 10.7. The minimum absolute atomic E-state index is 0.134. The Hall–Kier alpha value is -1.83. The van der Waals surface area contributed by atoms with Gasteiger partial charge in [-0.05, 0) is 54.5 Å². The first-order valence-corrected chi connectivity index (χ1v) is 14.3. The van der Waals surface area contributed by atoms with E-state index in [0.717, 1.165) is 12.3 Å². The third-order valence-corrected chi connectivity index (χ3v) is 12.2. The van der Waals surface area contributed by atoms with Gasteiger partial charge in [0.05, 0.1) is 0 Å². The highest BCUT2D eigenvalue weighted by molar-refractivity contribution is 7.74. The highest BCUT2D eigenvalue weighted by Crippen LogP contribution is 2.46. The molecule has 0 radical (unpaired) electrons. The first-order valence-electron chi connectivity index (χ1n) is 10.7. The van der Waals surface area contributed by atoms with E-state index in [2.05, 4.69) is 137 Å². The molecule has 0 saturated heterocycles. The molecular weight excluding hydrogens is 429 g/mol. The quantitative estimate of drug-likeness (QED) is 0.289. The molecule has 0 fully saturated rings. The lowest BCUT2D eigenvalue weighted by Gasteiger charge is -2.34. The minimum atomic E-state index is -0.418. The van der Waals surface area contributed by atoms with Gasteiger partial charge in [-0.1, -0.05) is 128 Å². The average Bonchev–Trinajstić information content (AvgIpc) is 2.83. The van der Waals surface area contributed by atoms with Gasteiger partial charge in [0.15, 0.2) is 0 Å². The second-order valence-electron chi connectivity index (χ2n) is 8.17. The Labute approximate surface area is 191 Å². The van der Waals surface area contributed by atoms with Crippen LogP contribution < -0.4 is 21.2 Å². The van der Waals surface area contributed by atoms with Gasteiger partial charge in [0.1, 0.15) is 0 Å². The Morgan fingerprint density at radius 2 is 0.710 bits per heavy atom. The molecule has 0 spiro atoms. The molecule has 4 aromatic carbocycles. The van der Waals surface area contributed by atoms with Gasteiger partial charge in [0.2, 0.25) is 0 Å². The Kier molecular flexibility index (Phi) is 7.69. The molecule has 4 rings (SSSR count). The molecule has 0 aliphatic carbocycles. The van der Waals surface area contributed by atoms with Crippen LogP contribution in [0.5, 0.6) is 0 Å². The van der Waals surface area contributed by atoms with Gasteiger partial charge in [-0.3, -0.25) is 0 Å². The number of hydrogen-bond acceptors (Lipinski definition) is 0. The third kappa shape index (κ3) is 6.11. The van der Waals surface area contributed by atoms with Crippen molar-refractivity contribution in [3.63, 3.8) is 0 Å². The van der Waals surface area contributed by atoms with E-state index in [9.17, 15) is 0 Å². The third-order valence-electron chi connectivity index (χ3n) is 5.31. The molecule has 0 N–H and O–H groups in total.